The lowest BCUT2D eigenvalue weighted by atomic mass is 9.79. The molecule has 0 unspecified atom stereocenters. The summed E-state index contributed by atoms with van der Waals surface area (Å²) in [6.45, 7) is 22.9. The number of carboxylic acid groups (broad SMARTS) is 1. The van der Waals surface area contributed by atoms with Crippen LogP contribution in [0.3, 0.4) is 0 Å². The Labute approximate surface area is 471 Å². The molecule has 10 rings (SSSR count). The average Bonchev–Trinajstić information content (AvgIpc) is 4.16. The summed E-state index contributed by atoms with van der Waals surface area (Å²) in [5.74, 6) is 0.885. The number of amides is 2. The van der Waals surface area contributed by atoms with Crippen molar-refractivity contribution in [3.05, 3.63) is 138 Å². The number of piperidine rings is 2. The highest BCUT2D eigenvalue weighted by Crippen LogP contribution is 2.38. The van der Waals surface area contributed by atoms with Crippen molar-refractivity contribution < 1.29 is 28.3 Å². The van der Waals surface area contributed by atoms with Gasteiger partial charge in [0.1, 0.15) is 43.1 Å². The van der Waals surface area contributed by atoms with Crippen LogP contribution in [0.1, 0.15) is 122 Å². The number of hydrogen-bond donors (Lipinski definition) is 5. The van der Waals surface area contributed by atoms with E-state index in [4.69, 9.17) is 53.1 Å². The fourth-order valence-electron chi connectivity index (χ4n) is 10.9. The van der Waals surface area contributed by atoms with Gasteiger partial charge in [0.15, 0.2) is 0 Å². The number of rotatable bonds is 10. The van der Waals surface area contributed by atoms with Gasteiger partial charge >= 0.3 is 0 Å². The number of fused-ring (bicyclic) bond motifs is 2. The van der Waals surface area contributed by atoms with Gasteiger partial charge in [-0.25, -0.2) is 9.97 Å². The maximum absolute atomic E-state index is 13.8. The van der Waals surface area contributed by atoms with Crippen LogP contribution >= 0.6 is 48.0 Å². The van der Waals surface area contributed by atoms with Crippen LogP contribution in [0.4, 0.5) is 11.6 Å². The van der Waals surface area contributed by atoms with E-state index in [1.165, 1.54) is 42.1 Å². The molecule has 78 heavy (non-hydrogen) atoms. The Morgan fingerprint density at radius 3 is 1.32 bits per heavy atom. The van der Waals surface area contributed by atoms with Gasteiger partial charge in [0.25, 0.3) is 28.9 Å². The Hall–Kier alpha value is -6.43. The van der Waals surface area contributed by atoms with Gasteiger partial charge in [-0.1, -0.05) is 60.1 Å². The number of pyridine rings is 2. The number of aromatic nitrogens is 4. The van der Waals surface area contributed by atoms with Crippen molar-refractivity contribution in [3.63, 3.8) is 0 Å². The molecule has 22 heteroatoms. The highest BCUT2D eigenvalue weighted by atomic mass is 32.2. The molecule has 10 heterocycles. The molecule has 0 aliphatic carbocycles. The number of anilines is 2. The van der Waals surface area contributed by atoms with Gasteiger partial charge in [-0.15, -0.1) is 0 Å². The van der Waals surface area contributed by atoms with Crippen LogP contribution in [0.2, 0.25) is 0 Å². The van der Waals surface area contributed by atoms with E-state index in [-0.39, 0.29) is 70.3 Å². The lowest BCUT2D eigenvalue weighted by Gasteiger charge is -2.46. The number of carboxylic acids is 1. The molecule has 412 valence electrons. The maximum Gasteiger partial charge on any atom is 0.300 e. The van der Waals surface area contributed by atoms with E-state index in [0.717, 1.165) is 43.7 Å². The first kappa shape index (κ1) is 57.7. The standard InChI is InChI=1S/2C27H31N5O3S2.C2H4O2/c2*1-16-8-9-21-29-22(28-17-12-26(2,3)30-27(4,5)13-17)19(23(33)31(21)14-16)11-20-24(34)32(25(36)37-20)15-18-7-6-10-35-18;1-2(3)4/h2*6-11,14,17,28,30H,12-13,15H2,1-5H3;1H3,(H,3,4)/b2*20-11-;. The molecule has 0 saturated carbocycles. The summed E-state index contributed by atoms with van der Waals surface area (Å²) in [5.41, 5.74) is 2.85. The SMILES string of the molecule is CC(=O)O.Cc1ccc2nc(NC3CC(C)(C)NC(C)(C)C3)c(/C=C3\SC(=S)N(Cc4ccco4)C3=O)c(=O)n2c1.Cc1ccc2nc(NC3CC(C)(C)NC(C)(C)C3)c(/C=C3\SC(=S)N(Cc4ccco4)C3=O)c(=O)n2c1. The Morgan fingerprint density at radius 1 is 0.654 bits per heavy atom. The highest BCUT2D eigenvalue weighted by Gasteiger charge is 2.41. The molecule has 0 spiro atoms. The molecule has 4 fully saturated rings. The van der Waals surface area contributed by atoms with Crippen molar-refractivity contribution in [3.8, 4) is 0 Å². The second-order valence-electron chi connectivity index (χ2n) is 22.7. The lowest BCUT2D eigenvalue weighted by molar-refractivity contribution is -0.134. The van der Waals surface area contributed by atoms with Gasteiger partial charge in [-0.3, -0.25) is 42.6 Å². The van der Waals surface area contributed by atoms with E-state index in [9.17, 15) is 19.2 Å². The van der Waals surface area contributed by atoms with Crippen molar-refractivity contribution in [2.45, 2.75) is 149 Å². The third-order valence-electron chi connectivity index (χ3n) is 13.2. The van der Waals surface area contributed by atoms with Gasteiger partial charge in [0.05, 0.1) is 46.6 Å². The molecule has 18 nitrogen and oxygen atoms in total. The Bertz CT molecular complexity index is 3250. The predicted molar refractivity (Wildman–Crippen MR) is 316 cm³/mol. The molecule has 5 N–H and O–H groups in total. The van der Waals surface area contributed by atoms with Gasteiger partial charge in [-0.2, -0.15) is 0 Å². The highest BCUT2D eigenvalue weighted by molar-refractivity contribution is 8.27. The molecule has 4 saturated heterocycles. The number of aliphatic carboxylic acids is 1. The zero-order valence-electron chi connectivity index (χ0n) is 45.6. The van der Waals surface area contributed by atoms with Crippen LogP contribution < -0.4 is 32.4 Å². The number of aryl methyl sites for hydroxylation is 2. The number of nitrogens with zero attached hydrogens (tertiary/aromatic N) is 6. The number of carbonyl (C=O) groups is 3. The fraction of sp³-hybridized carbons (Fsp3) is 0.411. The van der Waals surface area contributed by atoms with Gasteiger partial charge in [0, 0.05) is 53.6 Å². The second kappa shape index (κ2) is 22.7. The predicted octanol–water partition coefficient (Wildman–Crippen LogP) is 9.53. The molecule has 0 atom stereocenters. The van der Waals surface area contributed by atoms with E-state index in [1.807, 2.05) is 38.1 Å². The van der Waals surface area contributed by atoms with Crippen molar-refractivity contribution in [2.75, 3.05) is 10.6 Å². The number of carbonyl (C=O) groups excluding carboxylic acids is 2. The Morgan fingerprint density at radius 2 is 1.00 bits per heavy atom. The van der Waals surface area contributed by atoms with E-state index in [0.29, 0.717) is 64.0 Å². The second-order valence-corrected chi connectivity index (χ2v) is 26.1. The van der Waals surface area contributed by atoms with Crippen LogP contribution in [0.15, 0.2) is 102 Å². The Kier molecular flexibility index (Phi) is 16.8. The third kappa shape index (κ3) is 13.9. The zero-order valence-corrected chi connectivity index (χ0v) is 48.9. The van der Waals surface area contributed by atoms with E-state index < -0.39 is 5.97 Å². The van der Waals surface area contributed by atoms with Crippen molar-refractivity contribution >= 4 is 109 Å². The molecule has 6 aromatic rings. The number of nitrogens with one attached hydrogen (secondary N) is 4. The fourth-order valence-corrected chi connectivity index (χ4v) is 13.4. The summed E-state index contributed by atoms with van der Waals surface area (Å²) in [4.78, 5) is 76.5. The third-order valence-corrected chi connectivity index (χ3v) is 15.9. The van der Waals surface area contributed by atoms with Gasteiger partial charge in [-0.05, 0) is 155 Å². The molecule has 6 aromatic heterocycles. The molecule has 2 amide bonds. The van der Waals surface area contributed by atoms with Gasteiger partial charge in [0.2, 0.25) is 0 Å². The van der Waals surface area contributed by atoms with Crippen LogP contribution in [-0.2, 0) is 27.5 Å². The zero-order chi connectivity index (χ0) is 56.6. The molecule has 0 radical (unpaired) electrons. The van der Waals surface area contributed by atoms with Crippen LogP contribution in [-0.4, -0.2) is 94.3 Å². The monoisotopic (exact) mass is 1130 g/mol. The lowest BCUT2D eigenvalue weighted by Crippen LogP contribution is -2.60. The first-order valence-electron chi connectivity index (χ1n) is 25.5. The minimum absolute atomic E-state index is 0.0864. The van der Waals surface area contributed by atoms with E-state index in [2.05, 4.69) is 76.7 Å². The Balaban J connectivity index is 0.000000193. The smallest absolute Gasteiger partial charge is 0.300 e. The summed E-state index contributed by atoms with van der Waals surface area (Å²) in [6.07, 6.45) is 13.4. The first-order chi connectivity index (χ1) is 36.5. The summed E-state index contributed by atoms with van der Waals surface area (Å²) in [6, 6.07) is 14.9. The summed E-state index contributed by atoms with van der Waals surface area (Å²) < 4.78 is 14.7. The summed E-state index contributed by atoms with van der Waals surface area (Å²) >= 11 is 13.3. The number of furan rings is 2. The molecular weight excluding hydrogens is 1070 g/mol. The largest absolute Gasteiger partial charge is 0.481 e. The van der Waals surface area contributed by atoms with Crippen molar-refractivity contribution in [1.82, 2.24) is 39.2 Å². The quantitative estimate of drug-likeness (QED) is 0.0636. The van der Waals surface area contributed by atoms with E-state index in [1.54, 1.807) is 61.3 Å². The van der Waals surface area contributed by atoms with Gasteiger partial charge < -0.3 is 35.2 Å². The minimum Gasteiger partial charge on any atom is -0.481 e. The van der Waals surface area contributed by atoms with Crippen molar-refractivity contribution in [1.29, 1.82) is 0 Å². The van der Waals surface area contributed by atoms with Crippen LogP contribution in [0.5, 0.6) is 0 Å². The van der Waals surface area contributed by atoms with Crippen LogP contribution in [0, 0.1) is 13.8 Å². The van der Waals surface area contributed by atoms with Crippen molar-refractivity contribution in [2.24, 2.45) is 0 Å². The molecule has 0 bridgehead atoms. The van der Waals surface area contributed by atoms with E-state index >= 15 is 0 Å². The first-order valence-corrected chi connectivity index (χ1v) is 27.9. The topological polar surface area (TPSA) is 221 Å². The number of hydrogen-bond acceptors (Lipinski definition) is 17. The minimum atomic E-state index is -0.833. The molecule has 4 aliphatic heterocycles. The average molecular weight is 1140 g/mol. The molecule has 4 aliphatic rings. The maximum atomic E-state index is 13.8. The summed E-state index contributed by atoms with van der Waals surface area (Å²) in [7, 11) is 0. The number of thioether (sulfide) groups is 2. The molecule has 0 aromatic carbocycles. The number of thiocarbonyl (C=S) groups is 2. The van der Waals surface area contributed by atoms with Crippen LogP contribution in [0.25, 0.3) is 23.4 Å². The summed E-state index contributed by atoms with van der Waals surface area (Å²) in [5, 5.41) is 21.9. The molecular formula is C56H66N10O8S4. The normalized spacial score (nSPS) is 20.0.